The van der Waals surface area contributed by atoms with Crippen LogP contribution in [-0.4, -0.2) is 13.6 Å². The molecule has 1 N–H and O–H groups in total. The van der Waals surface area contributed by atoms with E-state index in [9.17, 15) is 4.39 Å². The van der Waals surface area contributed by atoms with Crippen LogP contribution in [0, 0.1) is 0 Å². The number of hydrogen-bond acceptors (Lipinski definition) is 1. The third-order valence-electron chi connectivity index (χ3n) is 1.93. The highest BCUT2D eigenvalue weighted by molar-refractivity contribution is 5.33. The molecule has 1 aliphatic carbocycles. The molecule has 0 fully saturated rings. The minimum absolute atomic E-state index is 0.00870. The molecular formula is C9H14FN. The van der Waals surface area contributed by atoms with Crippen molar-refractivity contribution in [3.63, 3.8) is 0 Å². The molecule has 0 aliphatic heterocycles. The molecule has 1 rings (SSSR count). The average Bonchev–Trinajstić information content (AvgIpc) is 1.99. The third kappa shape index (κ3) is 1.90. The van der Waals surface area contributed by atoms with Gasteiger partial charge in [-0.15, -0.1) is 0 Å². The lowest BCUT2D eigenvalue weighted by Crippen LogP contribution is -2.13. The minimum Gasteiger partial charge on any atom is -0.316 e. The molecule has 1 nitrogen and oxygen atoms in total. The van der Waals surface area contributed by atoms with E-state index in [0.29, 0.717) is 6.54 Å². The highest BCUT2D eigenvalue weighted by Gasteiger charge is 2.11. The van der Waals surface area contributed by atoms with Crippen LogP contribution in [0.4, 0.5) is 4.39 Å². The molecule has 1 aliphatic rings. The van der Waals surface area contributed by atoms with Gasteiger partial charge in [0.2, 0.25) is 0 Å². The van der Waals surface area contributed by atoms with Crippen LogP contribution in [-0.2, 0) is 0 Å². The molecule has 0 amide bonds. The number of nitrogens with one attached hydrogen (secondary N) is 1. The van der Waals surface area contributed by atoms with E-state index in [2.05, 4.69) is 5.32 Å². The molecular weight excluding hydrogens is 141 g/mol. The molecule has 62 valence electrons. The Hall–Kier alpha value is -0.630. The van der Waals surface area contributed by atoms with Gasteiger partial charge in [0, 0.05) is 6.54 Å². The van der Waals surface area contributed by atoms with E-state index in [0.717, 1.165) is 24.0 Å². The molecule has 0 bridgehead atoms. The van der Waals surface area contributed by atoms with Crippen LogP contribution >= 0.6 is 0 Å². The first-order chi connectivity index (χ1) is 5.25. The topological polar surface area (TPSA) is 12.0 Å². The van der Waals surface area contributed by atoms with E-state index in [1.807, 2.05) is 20.0 Å². The van der Waals surface area contributed by atoms with E-state index < -0.39 is 0 Å². The van der Waals surface area contributed by atoms with Crippen LogP contribution < -0.4 is 5.32 Å². The van der Waals surface area contributed by atoms with E-state index >= 15 is 0 Å². The minimum atomic E-state index is -0.00870. The molecule has 0 aromatic carbocycles. The van der Waals surface area contributed by atoms with Crippen LogP contribution in [0.1, 0.15) is 19.8 Å². The second-order valence-electron chi connectivity index (χ2n) is 2.89. The predicted octanol–water partition coefficient (Wildman–Crippen LogP) is 2.17. The van der Waals surface area contributed by atoms with Crippen LogP contribution in [0.5, 0.6) is 0 Å². The van der Waals surface area contributed by atoms with Gasteiger partial charge in [0.05, 0.1) is 0 Å². The highest BCUT2D eigenvalue weighted by Crippen LogP contribution is 2.24. The Kier molecular flexibility index (Phi) is 2.83. The normalized spacial score (nSPS) is 18.6. The summed E-state index contributed by atoms with van der Waals surface area (Å²) < 4.78 is 13.2. The van der Waals surface area contributed by atoms with Crippen LogP contribution in [0.25, 0.3) is 0 Å². The van der Waals surface area contributed by atoms with Gasteiger partial charge in [0.25, 0.3) is 0 Å². The van der Waals surface area contributed by atoms with Crippen molar-refractivity contribution in [2.45, 2.75) is 19.8 Å². The molecule has 0 atom stereocenters. The summed E-state index contributed by atoms with van der Waals surface area (Å²) >= 11 is 0. The zero-order valence-corrected chi connectivity index (χ0v) is 7.08. The molecule has 0 aromatic rings. The van der Waals surface area contributed by atoms with Crippen molar-refractivity contribution < 1.29 is 4.39 Å². The van der Waals surface area contributed by atoms with Gasteiger partial charge < -0.3 is 5.32 Å². The molecule has 2 heteroatoms. The first kappa shape index (κ1) is 8.47. The maximum absolute atomic E-state index is 13.2. The summed E-state index contributed by atoms with van der Waals surface area (Å²) in [4.78, 5) is 0. The molecule has 0 heterocycles. The molecule has 0 saturated heterocycles. The molecule has 0 radical (unpaired) electrons. The van der Waals surface area contributed by atoms with Gasteiger partial charge in [-0.25, -0.2) is 4.39 Å². The van der Waals surface area contributed by atoms with E-state index in [4.69, 9.17) is 0 Å². The molecule has 0 unspecified atom stereocenters. The Labute approximate surface area is 67.0 Å². The maximum Gasteiger partial charge on any atom is 0.126 e. The van der Waals surface area contributed by atoms with Gasteiger partial charge in [0.1, 0.15) is 5.83 Å². The van der Waals surface area contributed by atoms with Crippen molar-refractivity contribution in [2.75, 3.05) is 13.6 Å². The fourth-order valence-electron chi connectivity index (χ4n) is 1.28. The second kappa shape index (κ2) is 3.67. The first-order valence-electron chi connectivity index (χ1n) is 3.95. The standard InChI is InChI=1S/C9H14FN/c1-7-4-3-5-8(6-11-2)9(7)10/h5,11H,3-4,6H2,1-2H3. The average molecular weight is 155 g/mol. The SMILES string of the molecule is CNCC1=CCCC(C)=C1F. The van der Waals surface area contributed by atoms with Gasteiger partial charge in [-0.05, 0) is 38.0 Å². The summed E-state index contributed by atoms with van der Waals surface area (Å²) in [5.74, 6) is -0.00870. The quantitative estimate of drug-likeness (QED) is 0.644. The third-order valence-corrected chi connectivity index (χ3v) is 1.93. The Bertz CT molecular complexity index is 204. The Morgan fingerprint density at radius 1 is 1.64 bits per heavy atom. The van der Waals surface area contributed by atoms with Crippen molar-refractivity contribution in [1.29, 1.82) is 0 Å². The lowest BCUT2D eigenvalue weighted by Gasteiger charge is -2.12. The zero-order valence-electron chi connectivity index (χ0n) is 7.08. The molecule has 11 heavy (non-hydrogen) atoms. The first-order valence-corrected chi connectivity index (χ1v) is 3.95. The van der Waals surface area contributed by atoms with Gasteiger partial charge in [-0.2, -0.15) is 0 Å². The number of hydrogen-bond donors (Lipinski definition) is 1. The van der Waals surface area contributed by atoms with Gasteiger partial charge in [-0.1, -0.05) is 6.08 Å². The van der Waals surface area contributed by atoms with Gasteiger partial charge in [-0.3, -0.25) is 0 Å². The molecule has 0 aromatic heterocycles. The number of allylic oxidation sites excluding steroid dienone is 2. The van der Waals surface area contributed by atoms with Crippen molar-refractivity contribution in [2.24, 2.45) is 0 Å². The van der Waals surface area contributed by atoms with Crippen molar-refractivity contribution in [3.8, 4) is 0 Å². The largest absolute Gasteiger partial charge is 0.316 e. The monoisotopic (exact) mass is 155 g/mol. The summed E-state index contributed by atoms with van der Waals surface area (Å²) in [5, 5.41) is 2.95. The number of likely N-dealkylation sites (N-methyl/N-ethyl adjacent to an activating group) is 1. The van der Waals surface area contributed by atoms with E-state index in [1.54, 1.807) is 0 Å². The second-order valence-corrected chi connectivity index (χ2v) is 2.89. The summed E-state index contributed by atoms with van der Waals surface area (Å²) in [6.07, 6.45) is 3.83. The summed E-state index contributed by atoms with van der Waals surface area (Å²) in [6.45, 7) is 2.50. The Morgan fingerprint density at radius 2 is 2.36 bits per heavy atom. The van der Waals surface area contributed by atoms with E-state index in [-0.39, 0.29) is 5.83 Å². The van der Waals surface area contributed by atoms with Crippen molar-refractivity contribution >= 4 is 0 Å². The van der Waals surface area contributed by atoms with Crippen LogP contribution in [0.2, 0.25) is 0 Å². The lowest BCUT2D eigenvalue weighted by atomic mass is 9.99. The van der Waals surface area contributed by atoms with Gasteiger partial charge in [0.15, 0.2) is 0 Å². The summed E-state index contributed by atoms with van der Waals surface area (Å²) in [5.41, 5.74) is 1.70. The van der Waals surface area contributed by atoms with Crippen molar-refractivity contribution in [1.82, 2.24) is 5.32 Å². The van der Waals surface area contributed by atoms with Gasteiger partial charge >= 0.3 is 0 Å². The lowest BCUT2D eigenvalue weighted by molar-refractivity contribution is 0.607. The Morgan fingerprint density at radius 3 is 3.00 bits per heavy atom. The highest BCUT2D eigenvalue weighted by atomic mass is 19.1. The predicted molar refractivity (Wildman–Crippen MR) is 45.1 cm³/mol. The maximum atomic E-state index is 13.2. The molecule has 0 spiro atoms. The van der Waals surface area contributed by atoms with Crippen molar-refractivity contribution in [3.05, 3.63) is 23.0 Å². The zero-order chi connectivity index (χ0) is 8.27. The Balaban J connectivity index is 2.71. The smallest absolute Gasteiger partial charge is 0.126 e. The summed E-state index contributed by atoms with van der Waals surface area (Å²) in [7, 11) is 1.83. The summed E-state index contributed by atoms with van der Waals surface area (Å²) in [6, 6.07) is 0. The molecule has 0 saturated carbocycles. The fraction of sp³-hybridized carbons (Fsp3) is 0.556. The van der Waals surface area contributed by atoms with Crippen LogP contribution in [0.15, 0.2) is 23.0 Å². The fourth-order valence-corrected chi connectivity index (χ4v) is 1.28. The van der Waals surface area contributed by atoms with E-state index in [1.165, 1.54) is 0 Å². The number of rotatable bonds is 2. The number of halogens is 1. The van der Waals surface area contributed by atoms with Crippen LogP contribution in [0.3, 0.4) is 0 Å².